The number of anilines is 1. The second kappa shape index (κ2) is 7.28. The van der Waals surface area contributed by atoms with Crippen molar-refractivity contribution in [2.45, 2.75) is 26.3 Å². The number of carbonyl (C=O) groups excluding carboxylic acids is 2. The molecule has 0 unspecified atom stereocenters. The van der Waals surface area contributed by atoms with Crippen molar-refractivity contribution in [3.8, 4) is 0 Å². The van der Waals surface area contributed by atoms with Crippen LogP contribution in [0.5, 0.6) is 0 Å². The Kier molecular flexibility index (Phi) is 5.09. The first kappa shape index (κ1) is 17.5. The van der Waals surface area contributed by atoms with Crippen LogP contribution in [0.4, 0.5) is 5.69 Å². The van der Waals surface area contributed by atoms with Crippen LogP contribution in [0.2, 0.25) is 5.02 Å². The van der Waals surface area contributed by atoms with Crippen molar-refractivity contribution < 1.29 is 9.59 Å². The van der Waals surface area contributed by atoms with Crippen molar-refractivity contribution >= 4 is 29.1 Å². The first-order valence-electron chi connectivity index (χ1n) is 8.38. The van der Waals surface area contributed by atoms with Gasteiger partial charge in [-0.3, -0.25) is 9.59 Å². The summed E-state index contributed by atoms with van der Waals surface area (Å²) >= 11 is 6.18. The zero-order valence-electron chi connectivity index (χ0n) is 14.4. The Bertz CT molecular complexity index is 792. The minimum Gasteiger partial charge on any atom is -0.329 e. The van der Waals surface area contributed by atoms with E-state index < -0.39 is 6.04 Å². The molecule has 0 spiro atoms. The number of rotatable bonds is 3. The van der Waals surface area contributed by atoms with Gasteiger partial charge >= 0.3 is 0 Å². The van der Waals surface area contributed by atoms with Gasteiger partial charge in [-0.15, -0.1) is 0 Å². The van der Waals surface area contributed by atoms with Gasteiger partial charge in [-0.2, -0.15) is 0 Å². The Balaban J connectivity index is 1.72. The monoisotopic (exact) mass is 356 g/mol. The lowest BCUT2D eigenvalue weighted by Crippen LogP contribution is -2.58. The first-order valence-corrected chi connectivity index (χ1v) is 8.76. The molecule has 1 atom stereocenters. The summed E-state index contributed by atoms with van der Waals surface area (Å²) in [6.07, 6.45) is 0.314. The molecule has 0 aromatic heterocycles. The number of hydrogen-bond acceptors (Lipinski definition) is 2. The Hall–Kier alpha value is -2.33. The van der Waals surface area contributed by atoms with Crippen molar-refractivity contribution in [2.75, 3.05) is 18.0 Å². The molecule has 2 aromatic rings. The number of piperazine rings is 1. The van der Waals surface area contributed by atoms with Crippen LogP contribution in [-0.4, -0.2) is 35.8 Å². The Labute approximate surface area is 153 Å². The summed E-state index contributed by atoms with van der Waals surface area (Å²) in [6, 6.07) is 14.7. The van der Waals surface area contributed by atoms with E-state index in [1.165, 1.54) is 0 Å². The van der Waals surface area contributed by atoms with Crippen molar-refractivity contribution in [2.24, 2.45) is 0 Å². The maximum absolute atomic E-state index is 12.8. The molecule has 0 saturated carbocycles. The van der Waals surface area contributed by atoms with Crippen LogP contribution in [0.15, 0.2) is 48.5 Å². The molecule has 0 aliphatic carbocycles. The molecule has 4 nitrogen and oxygen atoms in total. The third-order valence-electron chi connectivity index (χ3n) is 4.64. The quantitative estimate of drug-likeness (QED) is 0.845. The molecule has 3 rings (SSSR count). The van der Waals surface area contributed by atoms with E-state index in [-0.39, 0.29) is 11.8 Å². The molecular formula is C20H21ClN2O2. The van der Waals surface area contributed by atoms with Crippen LogP contribution in [0.25, 0.3) is 0 Å². The number of aryl methyl sites for hydroxylation is 1. The summed E-state index contributed by atoms with van der Waals surface area (Å²) < 4.78 is 0. The van der Waals surface area contributed by atoms with Gasteiger partial charge in [0, 0.05) is 23.8 Å². The van der Waals surface area contributed by atoms with E-state index in [0.29, 0.717) is 24.5 Å². The van der Waals surface area contributed by atoms with Crippen LogP contribution in [0.3, 0.4) is 0 Å². The molecule has 1 heterocycles. The average Bonchev–Trinajstić information content (AvgIpc) is 2.60. The van der Waals surface area contributed by atoms with Gasteiger partial charge in [0.1, 0.15) is 6.04 Å². The van der Waals surface area contributed by atoms with E-state index in [1.807, 2.05) is 55.5 Å². The van der Waals surface area contributed by atoms with Crippen LogP contribution >= 0.6 is 11.6 Å². The van der Waals surface area contributed by atoms with Gasteiger partial charge in [0.05, 0.1) is 6.42 Å². The molecule has 2 aromatic carbocycles. The molecule has 25 heavy (non-hydrogen) atoms. The number of benzene rings is 2. The van der Waals surface area contributed by atoms with Gasteiger partial charge in [0.15, 0.2) is 0 Å². The fourth-order valence-electron chi connectivity index (χ4n) is 3.09. The Morgan fingerprint density at radius 3 is 2.56 bits per heavy atom. The second-order valence-corrected chi connectivity index (χ2v) is 6.76. The van der Waals surface area contributed by atoms with E-state index in [9.17, 15) is 9.59 Å². The summed E-state index contributed by atoms with van der Waals surface area (Å²) in [5.41, 5.74) is 2.71. The molecule has 0 N–H and O–H groups in total. The standard InChI is InChI=1S/C20H21ClN2O2/c1-14-8-9-17(13-18(14)21)23-11-10-22(15(2)20(23)25)19(24)12-16-6-4-3-5-7-16/h3-9,13,15H,10-12H2,1-2H3/t15-/m0/s1. The summed E-state index contributed by atoms with van der Waals surface area (Å²) in [5.74, 6) is -0.0961. The lowest BCUT2D eigenvalue weighted by molar-refractivity contribution is -0.140. The van der Waals surface area contributed by atoms with E-state index in [4.69, 9.17) is 11.6 Å². The average molecular weight is 357 g/mol. The maximum Gasteiger partial charge on any atom is 0.249 e. The molecule has 1 saturated heterocycles. The van der Waals surface area contributed by atoms with Gasteiger partial charge < -0.3 is 9.80 Å². The summed E-state index contributed by atoms with van der Waals surface area (Å²) in [6.45, 7) is 4.71. The van der Waals surface area contributed by atoms with Gasteiger partial charge in [-0.25, -0.2) is 0 Å². The highest BCUT2D eigenvalue weighted by Gasteiger charge is 2.34. The van der Waals surface area contributed by atoms with Crippen LogP contribution in [0.1, 0.15) is 18.1 Å². The zero-order chi connectivity index (χ0) is 18.0. The SMILES string of the molecule is Cc1ccc(N2CCN(C(=O)Cc3ccccc3)[C@@H](C)C2=O)cc1Cl. The van der Waals surface area contributed by atoms with Crippen molar-refractivity contribution in [1.82, 2.24) is 4.90 Å². The molecule has 130 valence electrons. The fraction of sp³-hybridized carbons (Fsp3) is 0.300. The Morgan fingerprint density at radius 2 is 1.88 bits per heavy atom. The number of hydrogen-bond donors (Lipinski definition) is 0. The highest BCUT2D eigenvalue weighted by atomic mass is 35.5. The van der Waals surface area contributed by atoms with Crippen LogP contribution < -0.4 is 4.90 Å². The third-order valence-corrected chi connectivity index (χ3v) is 5.05. The fourth-order valence-corrected chi connectivity index (χ4v) is 3.26. The van der Waals surface area contributed by atoms with Crippen molar-refractivity contribution in [3.63, 3.8) is 0 Å². The predicted octanol–water partition coefficient (Wildman–Crippen LogP) is 3.45. The molecule has 2 amide bonds. The zero-order valence-corrected chi connectivity index (χ0v) is 15.2. The van der Waals surface area contributed by atoms with E-state index in [0.717, 1.165) is 16.8 Å². The Morgan fingerprint density at radius 1 is 1.16 bits per heavy atom. The second-order valence-electron chi connectivity index (χ2n) is 6.35. The smallest absolute Gasteiger partial charge is 0.249 e. The highest BCUT2D eigenvalue weighted by Crippen LogP contribution is 2.26. The largest absolute Gasteiger partial charge is 0.329 e. The molecule has 1 fully saturated rings. The topological polar surface area (TPSA) is 40.6 Å². The lowest BCUT2D eigenvalue weighted by Gasteiger charge is -2.39. The molecule has 0 radical (unpaired) electrons. The number of carbonyl (C=O) groups is 2. The molecule has 5 heteroatoms. The van der Waals surface area contributed by atoms with Gasteiger partial charge in [-0.05, 0) is 37.1 Å². The molecule has 1 aliphatic heterocycles. The van der Waals surface area contributed by atoms with Gasteiger partial charge in [0.2, 0.25) is 11.8 Å². The highest BCUT2D eigenvalue weighted by molar-refractivity contribution is 6.31. The summed E-state index contributed by atoms with van der Waals surface area (Å²) in [4.78, 5) is 28.8. The summed E-state index contributed by atoms with van der Waals surface area (Å²) in [7, 11) is 0. The van der Waals surface area contributed by atoms with E-state index >= 15 is 0 Å². The molecule has 0 bridgehead atoms. The molecular weight excluding hydrogens is 336 g/mol. The lowest BCUT2D eigenvalue weighted by atomic mass is 10.1. The summed E-state index contributed by atoms with van der Waals surface area (Å²) in [5, 5.41) is 0.639. The minimum absolute atomic E-state index is 0.0198. The number of nitrogens with zero attached hydrogens (tertiary/aromatic N) is 2. The number of amides is 2. The van der Waals surface area contributed by atoms with Gasteiger partial charge in [0.25, 0.3) is 0 Å². The molecule has 1 aliphatic rings. The normalized spacial score (nSPS) is 17.7. The van der Waals surface area contributed by atoms with Gasteiger partial charge in [-0.1, -0.05) is 48.0 Å². The minimum atomic E-state index is -0.481. The van der Waals surface area contributed by atoms with Crippen LogP contribution in [-0.2, 0) is 16.0 Å². The van der Waals surface area contributed by atoms with Crippen molar-refractivity contribution in [3.05, 3.63) is 64.7 Å². The predicted molar refractivity (Wildman–Crippen MR) is 99.9 cm³/mol. The van der Waals surface area contributed by atoms with E-state index in [2.05, 4.69) is 0 Å². The van der Waals surface area contributed by atoms with Crippen LogP contribution in [0, 0.1) is 6.92 Å². The first-order chi connectivity index (χ1) is 12.0. The van der Waals surface area contributed by atoms with Crippen molar-refractivity contribution in [1.29, 1.82) is 0 Å². The third kappa shape index (κ3) is 3.69. The maximum atomic E-state index is 12.8. The van der Waals surface area contributed by atoms with E-state index in [1.54, 1.807) is 16.7 Å². The number of halogens is 1.